The number of ether oxygens (including phenoxy) is 2. The minimum absolute atomic E-state index is 0.283. The molecule has 2 aliphatic heterocycles. The van der Waals surface area contributed by atoms with Gasteiger partial charge in [0.2, 0.25) is 0 Å². The molecule has 0 spiro atoms. The van der Waals surface area contributed by atoms with Crippen LogP contribution in [0.2, 0.25) is 0 Å². The Morgan fingerprint density at radius 1 is 1.12 bits per heavy atom. The van der Waals surface area contributed by atoms with Crippen molar-refractivity contribution in [3.63, 3.8) is 0 Å². The monoisotopic (exact) mass is 370 g/mol. The number of nitrogens with zero attached hydrogens (tertiary/aromatic N) is 1. The summed E-state index contributed by atoms with van der Waals surface area (Å²) in [5, 5.41) is 2.27. The highest BCUT2D eigenvalue weighted by atomic mass is 32.2. The smallest absolute Gasteiger partial charge is 0.408 e. The second-order valence-corrected chi connectivity index (χ2v) is 9.27. The van der Waals surface area contributed by atoms with Gasteiger partial charge in [0, 0.05) is 5.75 Å². The van der Waals surface area contributed by atoms with E-state index in [0.29, 0.717) is 5.75 Å². The lowest BCUT2D eigenvalue weighted by atomic mass is 10.0. The number of alkyl carbamates (subject to hydrolysis) is 1. The number of thioether (sulfide) groups is 1. The molecule has 2 aliphatic rings. The van der Waals surface area contributed by atoms with E-state index in [0.717, 1.165) is 5.57 Å². The number of rotatable bonds is 2. The van der Waals surface area contributed by atoms with Crippen molar-refractivity contribution in [1.29, 1.82) is 0 Å². The fraction of sp³-hybridized carbons (Fsp3) is 0.706. The lowest BCUT2D eigenvalue weighted by Crippen LogP contribution is -2.70. The molecule has 0 saturated carbocycles. The fourth-order valence-electron chi connectivity index (χ4n) is 2.52. The average Bonchev–Trinajstić information content (AvgIpc) is 2.40. The van der Waals surface area contributed by atoms with E-state index < -0.39 is 29.3 Å². The highest BCUT2D eigenvalue weighted by molar-refractivity contribution is 8.00. The molecule has 0 aliphatic carbocycles. The Hall–Kier alpha value is -1.70. The molecule has 0 unspecified atom stereocenters. The Labute approximate surface area is 152 Å². The number of fused-ring (bicyclic) bond motifs is 1. The van der Waals surface area contributed by atoms with Crippen molar-refractivity contribution in [3.05, 3.63) is 11.3 Å². The molecule has 0 radical (unpaired) electrons. The molecule has 0 aromatic rings. The zero-order valence-corrected chi connectivity index (χ0v) is 16.6. The molecule has 1 saturated heterocycles. The van der Waals surface area contributed by atoms with Crippen LogP contribution in [0.15, 0.2) is 11.3 Å². The van der Waals surface area contributed by atoms with Crippen molar-refractivity contribution in [3.8, 4) is 0 Å². The number of esters is 1. The third-order valence-corrected chi connectivity index (χ3v) is 4.85. The van der Waals surface area contributed by atoms with Crippen LogP contribution in [-0.2, 0) is 19.1 Å². The summed E-state index contributed by atoms with van der Waals surface area (Å²) in [5.74, 6) is -0.252. The van der Waals surface area contributed by atoms with Gasteiger partial charge < -0.3 is 14.8 Å². The Kier molecular flexibility index (Phi) is 5.14. The topological polar surface area (TPSA) is 84.9 Å². The summed E-state index contributed by atoms with van der Waals surface area (Å²) in [5.41, 5.74) is -0.216. The molecule has 2 amide bonds. The van der Waals surface area contributed by atoms with E-state index >= 15 is 0 Å². The highest BCUT2D eigenvalue weighted by Gasteiger charge is 2.54. The van der Waals surface area contributed by atoms with Crippen LogP contribution in [0.4, 0.5) is 4.79 Å². The highest BCUT2D eigenvalue weighted by Crippen LogP contribution is 2.40. The molecular weight excluding hydrogens is 344 g/mol. The number of β-lactam (4-membered cyclic amide) rings is 1. The summed E-state index contributed by atoms with van der Waals surface area (Å²) < 4.78 is 10.6. The van der Waals surface area contributed by atoms with Crippen LogP contribution in [0.3, 0.4) is 0 Å². The van der Waals surface area contributed by atoms with Gasteiger partial charge in [0.1, 0.15) is 28.3 Å². The first-order chi connectivity index (χ1) is 11.3. The van der Waals surface area contributed by atoms with Gasteiger partial charge in [-0.05, 0) is 54.0 Å². The van der Waals surface area contributed by atoms with Crippen molar-refractivity contribution < 1.29 is 23.9 Å². The van der Waals surface area contributed by atoms with E-state index in [4.69, 9.17) is 9.47 Å². The standard InChI is InChI=1S/C17H26N2O5S/c1-9-8-25-13-10(18-15(22)24-17(5,6)7)12(20)19(13)11(9)14(21)23-16(2,3)4/h10,13H,8H2,1-7H3,(H,18,22)/t10-,13-/m1/s1. The van der Waals surface area contributed by atoms with Crippen LogP contribution in [0.5, 0.6) is 0 Å². The Bertz CT molecular complexity index is 630. The summed E-state index contributed by atoms with van der Waals surface area (Å²) in [6.45, 7) is 12.4. The van der Waals surface area contributed by atoms with Crippen molar-refractivity contribution in [2.75, 3.05) is 5.75 Å². The maximum absolute atomic E-state index is 12.5. The number of hydrogen-bond donors (Lipinski definition) is 1. The van der Waals surface area contributed by atoms with Crippen LogP contribution in [0.1, 0.15) is 48.5 Å². The zero-order chi connectivity index (χ0) is 19.2. The molecule has 8 heteroatoms. The van der Waals surface area contributed by atoms with Crippen molar-refractivity contribution in [1.82, 2.24) is 10.2 Å². The molecule has 2 atom stereocenters. The van der Waals surface area contributed by atoms with E-state index in [1.807, 2.05) is 6.92 Å². The van der Waals surface area contributed by atoms with Crippen LogP contribution >= 0.6 is 11.8 Å². The summed E-state index contributed by atoms with van der Waals surface area (Å²) in [7, 11) is 0. The minimum atomic E-state index is -0.703. The average molecular weight is 370 g/mol. The van der Waals surface area contributed by atoms with E-state index in [1.165, 1.54) is 16.7 Å². The SMILES string of the molecule is CC1=C(C(=O)OC(C)(C)C)N2C(=O)[C@@H](NC(=O)OC(C)(C)C)[C@H]2SC1. The third-order valence-electron chi connectivity index (χ3n) is 3.42. The van der Waals surface area contributed by atoms with E-state index in [9.17, 15) is 14.4 Å². The zero-order valence-electron chi connectivity index (χ0n) is 15.8. The quantitative estimate of drug-likeness (QED) is 0.593. The first-order valence-corrected chi connectivity index (χ1v) is 9.22. The van der Waals surface area contributed by atoms with Gasteiger partial charge in [-0.25, -0.2) is 9.59 Å². The first-order valence-electron chi connectivity index (χ1n) is 8.17. The molecule has 1 fully saturated rings. The van der Waals surface area contributed by atoms with Crippen molar-refractivity contribution in [2.45, 2.75) is 71.1 Å². The summed E-state index contributed by atoms with van der Waals surface area (Å²) in [6.07, 6.45) is -0.642. The second kappa shape index (κ2) is 6.55. The number of amides is 2. The molecule has 25 heavy (non-hydrogen) atoms. The van der Waals surface area contributed by atoms with Crippen molar-refractivity contribution >= 4 is 29.7 Å². The number of hydrogen-bond acceptors (Lipinski definition) is 6. The van der Waals surface area contributed by atoms with Crippen LogP contribution in [0, 0.1) is 0 Å². The van der Waals surface area contributed by atoms with E-state index in [1.54, 1.807) is 41.5 Å². The maximum atomic E-state index is 12.5. The molecule has 2 rings (SSSR count). The van der Waals surface area contributed by atoms with E-state index in [-0.39, 0.29) is 17.0 Å². The normalized spacial score (nSPS) is 23.6. The molecule has 0 aromatic heterocycles. The Balaban J connectivity index is 2.11. The molecular formula is C17H26N2O5S. The third kappa shape index (κ3) is 4.48. The van der Waals surface area contributed by atoms with Gasteiger partial charge >= 0.3 is 12.1 Å². The molecule has 2 heterocycles. The number of nitrogens with one attached hydrogen (secondary N) is 1. The van der Waals surface area contributed by atoms with Gasteiger partial charge in [-0.1, -0.05) is 0 Å². The van der Waals surface area contributed by atoms with Crippen LogP contribution < -0.4 is 5.32 Å². The van der Waals surface area contributed by atoms with Gasteiger partial charge in [-0.3, -0.25) is 9.69 Å². The minimum Gasteiger partial charge on any atom is -0.455 e. The van der Waals surface area contributed by atoms with E-state index in [2.05, 4.69) is 5.32 Å². The lowest BCUT2D eigenvalue weighted by molar-refractivity contribution is -0.158. The van der Waals surface area contributed by atoms with Gasteiger partial charge in [0.15, 0.2) is 0 Å². The van der Waals surface area contributed by atoms with Gasteiger partial charge in [0.05, 0.1) is 0 Å². The van der Waals surface area contributed by atoms with Gasteiger partial charge in [-0.2, -0.15) is 0 Å². The summed E-state index contributed by atoms with van der Waals surface area (Å²) in [6, 6.07) is -0.703. The Morgan fingerprint density at radius 3 is 2.20 bits per heavy atom. The fourth-order valence-corrected chi connectivity index (χ4v) is 3.82. The van der Waals surface area contributed by atoms with Crippen molar-refractivity contribution in [2.24, 2.45) is 0 Å². The van der Waals surface area contributed by atoms with Gasteiger partial charge in [-0.15, -0.1) is 11.8 Å². The number of carbonyl (C=O) groups excluding carboxylic acids is 3. The van der Waals surface area contributed by atoms with Gasteiger partial charge in [0.25, 0.3) is 5.91 Å². The molecule has 1 N–H and O–H groups in total. The largest absolute Gasteiger partial charge is 0.455 e. The lowest BCUT2D eigenvalue weighted by Gasteiger charge is -2.49. The molecule has 140 valence electrons. The molecule has 7 nitrogen and oxygen atoms in total. The number of carbonyl (C=O) groups is 3. The van der Waals surface area contributed by atoms with Crippen LogP contribution in [-0.4, -0.2) is 51.2 Å². The Morgan fingerprint density at radius 2 is 1.68 bits per heavy atom. The molecule has 0 bridgehead atoms. The second-order valence-electron chi connectivity index (χ2n) is 8.16. The maximum Gasteiger partial charge on any atom is 0.408 e. The van der Waals surface area contributed by atoms with Crippen LogP contribution in [0.25, 0.3) is 0 Å². The predicted molar refractivity (Wildman–Crippen MR) is 94.8 cm³/mol. The summed E-state index contributed by atoms with van der Waals surface area (Å²) >= 11 is 1.50. The summed E-state index contributed by atoms with van der Waals surface area (Å²) in [4.78, 5) is 38.4. The molecule has 0 aromatic carbocycles. The first kappa shape index (κ1) is 19.6. The predicted octanol–water partition coefficient (Wildman–Crippen LogP) is 2.41.